The molecule has 1 saturated heterocycles. The Balaban J connectivity index is 1.84. The number of nitrogens with zero attached hydrogens (tertiary/aromatic N) is 1. The first-order chi connectivity index (χ1) is 9.98. The van der Waals surface area contributed by atoms with E-state index in [4.69, 9.17) is 4.74 Å². The Kier molecular flexibility index (Phi) is 6.09. The zero-order valence-electron chi connectivity index (χ0n) is 14.3. The van der Waals surface area contributed by atoms with Crippen LogP contribution in [0.3, 0.4) is 0 Å². The average molecular weight is 296 g/mol. The zero-order chi connectivity index (χ0) is 15.3. The largest absolute Gasteiger partial charge is 0.458 e. The Bertz CT molecular complexity index is 334. The van der Waals surface area contributed by atoms with Crippen LogP contribution in [-0.4, -0.2) is 43.2 Å². The summed E-state index contributed by atoms with van der Waals surface area (Å²) < 4.78 is 6.81. The van der Waals surface area contributed by atoms with Crippen LogP contribution in [0.2, 0.25) is 0 Å². The topological polar surface area (TPSA) is 26.3 Å². The number of piperidine rings is 1. The van der Waals surface area contributed by atoms with Crippen LogP contribution in [0, 0.1) is 11.8 Å². The van der Waals surface area contributed by atoms with Crippen molar-refractivity contribution in [2.75, 3.05) is 26.7 Å². The third kappa shape index (κ3) is 5.28. The Morgan fingerprint density at radius 3 is 2.43 bits per heavy atom. The van der Waals surface area contributed by atoms with Crippen molar-refractivity contribution < 1.29 is 14.0 Å². The van der Waals surface area contributed by atoms with E-state index in [2.05, 4.69) is 20.9 Å². The Labute approximate surface area is 130 Å². The van der Waals surface area contributed by atoms with Crippen LogP contribution in [0.25, 0.3) is 0 Å². The summed E-state index contributed by atoms with van der Waals surface area (Å²) in [5.74, 6) is 1.33. The predicted octanol–water partition coefficient (Wildman–Crippen LogP) is 3.77. The molecule has 2 rings (SSSR count). The maximum atomic E-state index is 12.4. The lowest BCUT2D eigenvalue weighted by Crippen LogP contribution is -2.51. The monoisotopic (exact) mass is 296 g/mol. The van der Waals surface area contributed by atoms with Gasteiger partial charge < -0.3 is 9.22 Å². The molecule has 0 aromatic rings. The average Bonchev–Trinajstić information content (AvgIpc) is 2.40. The van der Waals surface area contributed by atoms with Crippen molar-refractivity contribution in [3.05, 3.63) is 0 Å². The summed E-state index contributed by atoms with van der Waals surface area (Å²) in [7, 11) is 2.22. The van der Waals surface area contributed by atoms with Crippen LogP contribution in [0.15, 0.2) is 0 Å². The van der Waals surface area contributed by atoms with Gasteiger partial charge >= 0.3 is 5.97 Å². The zero-order valence-corrected chi connectivity index (χ0v) is 14.3. The first-order valence-corrected chi connectivity index (χ1v) is 9.01. The van der Waals surface area contributed by atoms with Gasteiger partial charge in [-0.05, 0) is 56.8 Å². The van der Waals surface area contributed by atoms with E-state index in [0.29, 0.717) is 18.4 Å². The molecular formula is C18H34NO2+. The molecule has 0 amide bonds. The summed E-state index contributed by atoms with van der Waals surface area (Å²) in [5, 5.41) is 0. The van der Waals surface area contributed by atoms with Crippen LogP contribution in [0.4, 0.5) is 0 Å². The molecule has 0 aromatic heterocycles. The maximum absolute atomic E-state index is 12.4. The molecule has 122 valence electrons. The second-order valence-corrected chi connectivity index (χ2v) is 7.99. The number of quaternary nitrogens is 1. The predicted molar refractivity (Wildman–Crippen MR) is 85.9 cm³/mol. The molecule has 1 aliphatic carbocycles. The van der Waals surface area contributed by atoms with Gasteiger partial charge in [0, 0.05) is 0 Å². The van der Waals surface area contributed by atoms with Gasteiger partial charge in [0.1, 0.15) is 6.10 Å². The smallest absolute Gasteiger partial charge is 0.362 e. The minimum Gasteiger partial charge on any atom is -0.458 e. The summed E-state index contributed by atoms with van der Waals surface area (Å²) in [6, 6.07) is 0. The van der Waals surface area contributed by atoms with Crippen molar-refractivity contribution in [1.29, 1.82) is 0 Å². The second kappa shape index (κ2) is 7.62. The number of carbonyl (C=O) groups is 1. The fourth-order valence-corrected chi connectivity index (χ4v) is 4.16. The van der Waals surface area contributed by atoms with Crippen LogP contribution < -0.4 is 0 Å². The summed E-state index contributed by atoms with van der Waals surface area (Å²) in [5.41, 5.74) is 0. The first-order valence-electron chi connectivity index (χ1n) is 9.01. The first kappa shape index (κ1) is 16.8. The summed E-state index contributed by atoms with van der Waals surface area (Å²) >= 11 is 0. The number of likely N-dealkylation sites (N-methyl/N-ethyl adjacent to an activating group) is 1. The van der Waals surface area contributed by atoms with Crippen molar-refractivity contribution in [3.63, 3.8) is 0 Å². The molecule has 3 heteroatoms. The number of carbonyl (C=O) groups excluding carboxylic acids is 1. The van der Waals surface area contributed by atoms with Crippen molar-refractivity contribution >= 4 is 5.97 Å². The van der Waals surface area contributed by atoms with Gasteiger partial charge in [-0.2, -0.15) is 0 Å². The van der Waals surface area contributed by atoms with E-state index in [-0.39, 0.29) is 12.1 Å². The second-order valence-electron chi connectivity index (χ2n) is 7.99. The van der Waals surface area contributed by atoms with E-state index in [9.17, 15) is 4.79 Å². The molecule has 0 spiro atoms. The van der Waals surface area contributed by atoms with E-state index < -0.39 is 0 Å². The fraction of sp³-hybridized carbons (Fsp3) is 0.944. The Morgan fingerprint density at radius 1 is 1.10 bits per heavy atom. The number of hydrogen-bond donors (Lipinski definition) is 0. The van der Waals surface area contributed by atoms with Crippen molar-refractivity contribution in [2.24, 2.45) is 11.8 Å². The molecule has 0 N–H and O–H groups in total. The highest BCUT2D eigenvalue weighted by Gasteiger charge is 2.33. The highest BCUT2D eigenvalue weighted by atomic mass is 16.5. The maximum Gasteiger partial charge on any atom is 0.362 e. The molecule has 0 radical (unpaired) electrons. The molecular weight excluding hydrogens is 262 g/mol. The Morgan fingerprint density at radius 2 is 1.76 bits per heavy atom. The van der Waals surface area contributed by atoms with E-state index in [1.165, 1.54) is 44.9 Å². The lowest BCUT2D eigenvalue weighted by molar-refractivity contribution is -0.907. The van der Waals surface area contributed by atoms with Gasteiger partial charge in [0.25, 0.3) is 0 Å². The molecule has 0 bridgehead atoms. The summed E-state index contributed by atoms with van der Waals surface area (Å²) in [6.45, 7) is 7.39. The van der Waals surface area contributed by atoms with E-state index in [1.807, 2.05) is 0 Å². The van der Waals surface area contributed by atoms with Crippen molar-refractivity contribution in [2.45, 2.75) is 71.3 Å². The molecule has 1 aliphatic heterocycles. The molecule has 1 saturated carbocycles. The quantitative estimate of drug-likeness (QED) is 0.570. The SMILES string of the molecule is CC(C)C[C@@H]1CCCC[C@H]1OC(=O)C[N+]1(C)CCCCC1. The van der Waals surface area contributed by atoms with Crippen LogP contribution >= 0.6 is 0 Å². The van der Waals surface area contributed by atoms with Gasteiger partial charge in [0.2, 0.25) is 0 Å². The third-order valence-electron chi connectivity index (χ3n) is 5.30. The molecule has 3 nitrogen and oxygen atoms in total. The lowest BCUT2D eigenvalue weighted by atomic mass is 9.81. The molecule has 2 atom stereocenters. The standard InChI is InChI=1S/C18H34NO2/c1-15(2)13-16-9-5-6-10-17(16)21-18(20)14-19(3)11-7-4-8-12-19/h15-17H,4-14H2,1-3H3/q+1/t16-,17+/m0/s1. The minimum absolute atomic E-state index is 0.0417. The molecule has 1 heterocycles. The van der Waals surface area contributed by atoms with Crippen LogP contribution in [0.1, 0.15) is 65.2 Å². The van der Waals surface area contributed by atoms with E-state index in [1.54, 1.807) is 0 Å². The van der Waals surface area contributed by atoms with Crippen molar-refractivity contribution in [1.82, 2.24) is 0 Å². The van der Waals surface area contributed by atoms with Crippen LogP contribution in [-0.2, 0) is 9.53 Å². The van der Waals surface area contributed by atoms with E-state index >= 15 is 0 Å². The fourth-order valence-electron chi connectivity index (χ4n) is 4.16. The molecule has 0 aromatic carbocycles. The number of esters is 1. The minimum atomic E-state index is 0.0417. The van der Waals surface area contributed by atoms with Gasteiger partial charge in [-0.1, -0.05) is 20.3 Å². The van der Waals surface area contributed by atoms with Gasteiger partial charge in [0.15, 0.2) is 6.54 Å². The van der Waals surface area contributed by atoms with Gasteiger partial charge in [-0.3, -0.25) is 0 Å². The number of likely N-dealkylation sites (tertiary alicyclic amines) is 1. The van der Waals surface area contributed by atoms with Crippen molar-refractivity contribution in [3.8, 4) is 0 Å². The molecule has 2 aliphatic rings. The highest BCUT2D eigenvalue weighted by Crippen LogP contribution is 2.32. The molecule has 2 fully saturated rings. The molecule has 21 heavy (non-hydrogen) atoms. The number of ether oxygens (including phenoxy) is 1. The van der Waals surface area contributed by atoms with Gasteiger partial charge in [0.05, 0.1) is 20.1 Å². The lowest BCUT2D eigenvalue weighted by Gasteiger charge is -2.38. The molecule has 0 unspecified atom stereocenters. The Hall–Kier alpha value is -0.570. The van der Waals surface area contributed by atoms with Gasteiger partial charge in [-0.25, -0.2) is 4.79 Å². The highest BCUT2D eigenvalue weighted by molar-refractivity contribution is 5.70. The van der Waals surface area contributed by atoms with Crippen LogP contribution in [0.5, 0.6) is 0 Å². The third-order valence-corrected chi connectivity index (χ3v) is 5.30. The normalized spacial score (nSPS) is 29.3. The summed E-state index contributed by atoms with van der Waals surface area (Å²) in [6.07, 6.45) is 10.1. The number of rotatable bonds is 5. The number of hydrogen-bond acceptors (Lipinski definition) is 2. The van der Waals surface area contributed by atoms with E-state index in [0.717, 1.165) is 24.0 Å². The summed E-state index contributed by atoms with van der Waals surface area (Å²) in [4.78, 5) is 12.4. The van der Waals surface area contributed by atoms with Gasteiger partial charge in [-0.15, -0.1) is 0 Å².